The Morgan fingerprint density at radius 3 is 2.54 bits per heavy atom. The number of hydrogen-bond acceptors (Lipinski definition) is 2. The Bertz CT molecular complexity index is 844. The summed E-state index contributed by atoms with van der Waals surface area (Å²) in [5, 5.41) is 15.3. The Balaban J connectivity index is 0.00000196. The number of aliphatic hydroxyl groups is 1. The van der Waals surface area contributed by atoms with Crippen molar-refractivity contribution in [2.24, 2.45) is 0 Å². The summed E-state index contributed by atoms with van der Waals surface area (Å²) in [5.41, 5.74) is 5.47. The maximum atomic E-state index is 10.6. The first-order chi connectivity index (χ1) is 12.3. The Labute approximate surface area is 161 Å². The molecule has 0 fully saturated rings. The van der Waals surface area contributed by atoms with Crippen LogP contribution >= 0.6 is 12.4 Å². The SMILES string of the molecule is Cl.OC(CNCc1ccccc1)Cn1c2c(c3ccccc31)CCCC2. The molecule has 0 radical (unpaired) electrons. The molecule has 1 unspecified atom stereocenters. The van der Waals surface area contributed by atoms with Gasteiger partial charge in [-0.05, 0) is 42.9 Å². The molecule has 3 nitrogen and oxygen atoms in total. The highest BCUT2D eigenvalue weighted by Crippen LogP contribution is 2.32. The standard InChI is InChI=1S/C22H26N2O.ClH/c25-18(15-23-14-17-8-2-1-3-9-17)16-24-21-12-6-4-10-19(21)20-11-5-7-13-22(20)24;/h1-4,6,8-10,12,18,23,25H,5,7,11,13-16H2;1H. The summed E-state index contributed by atoms with van der Waals surface area (Å²) in [6.45, 7) is 2.07. The number of halogens is 1. The van der Waals surface area contributed by atoms with E-state index in [9.17, 15) is 5.11 Å². The van der Waals surface area contributed by atoms with Crippen molar-refractivity contribution in [1.82, 2.24) is 9.88 Å². The van der Waals surface area contributed by atoms with Crippen LogP contribution in [-0.2, 0) is 25.9 Å². The minimum Gasteiger partial charge on any atom is -0.390 e. The lowest BCUT2D eigenvalue weighted by molar-refractivity contribution is 0.151. The number of aromatic nitrogens is 1. The van der Waals surface area contributed by atoms with Gasteiger partial charge in [0.25, 0.3) is 0 Å². The monoisotopic (exact) mass is 370 g/mol. The van der Waals surface area contributed by atoms with Gasteiger partial charge in [-0.2, -0.15) is 0 Å². The number of para-hydroxylation sites is 1. The topological polar surface area (TPSA) is 37.2 Å². The van der Waals surface area contributed by atoms with Crippen LogP contribution in [0.15, 0.2) is 54.6 Å². The molecule has 138 valence electrons. The molecule has 1 aliphatic rings. The average molecular weight is 371 g/mol. The molecule has 1 atom stereocenters. The lowest BCUT2D eigenvalue weighted by atomic mass is 9.95. The highest BCUT2D eigenvalue weighted by atomic mass is 35.5. The summed E-state index contributed by atoms with van der Waals surface area (Å²) >= 11 is 0. The quantitative estimate of drug-likeness (QED) is 0.685. The molecular weight excluding hydrogens is 344 g/mol. The second-order valence-electron chi connectivity index (χ2n) is 7.03. The molecule has 1 aromatic heterocycles. The van der Waals surface area contributed by atoms with Crippen LogP contribution in [0.2, 0.25) is 0 Å². The van der Waals surface area contributed by atoms with Crippen LogP contribution in [0.25, 0.3) is 10.9 Å². The number of rotatable bonds is 6. The molecule has 26 heavy (non-hydrogen) atoms. The van der Waals surface area contributed by atoms with Gasteiger partial charge < -0.3 is 15.0 Å². The van der Waals surface area contributed by atoms with Crippen LogP contribution in [0, 0.1) is 0 Å². The number of hydrogen-bond donors (Lipinski definition) is 2. The summed E-state index contributed by atoms with van der Waals surface area (Å²) in [5.74, 6) is 0. The molecule has 4 heteroatoms. The Morgan fingerprint density at radius 2 is 1.69 bits per heavy atom. The zero-order valence-electron chi connectivity index (χ0n) is 15.0. The first-order valence-corrected chi connectivity index (χ1v) is 9.34. The fourth-order valence-electron chi connectivity index (χ4n) is 4.05. The van der Waals surface area contributed by atoms with Crippen molar-refractivity contribution in [3.63, 3.8) is 0 Å². The number of fused-ring (bicyclic) bond motifs is 3. The van der Waals surface area contributed by atoms with Crippen LogP contribution in [0.3, 0.4) is 0 Å². The predicted molar refractivity (Wildman–Crippen MR) is 110 cm³/mol. The van der Waals surface area contributed by atoms with E-state index in [1.807, 2.05) is 18.2 Å². The van der Waals surface area contributed by atoms with Crippen molar-refractivity contribution in [3.05, 3.63) is 71.4 Å². The average Bonchev–Trinajstić information content (AvgIpc) is 2.97. The lowest BCUT2D eigenvalue weighted by Gasteiger charge is -2.19. The smallest absolute Gasteiger partial charge is 0.0843 e. The fourth-order valence-corrected chi connectivity index (χ4v) is 4.05. The molecule has 1 aliphatic carbocycles. The fraction of sp³-hybridized carbons (Fsp3) is 0.364. The number of aryl methyl sites for hydroxylation is 1. The van der Waals surface area contributed by atoms with Crippen molar-refractivity contribution < 1.29 is 5.11 Å². The molecule has 0 bridgehead atoms. The van der Waals surface area contributed by atoms with E-state index in [-0.39, 0.29) is 18.5 Å². The predicted octanol–water partition coefficient (Wildman–Crippen LogP) is 4.09. The maximum absolute atomic E-state index is 10.6. The van der Waals surface area contributed by atoms with E-state index in [0.29, 0.717) is 13.1 Å². The molecule has 0 spiro atoms. The van der Waals surface area contributed by atoms with Gasteiger partial charge in [0, 0.05) is 29.7 Å². The van der Waals surface area contributed by atoms with Gasteiger partial charge in [-0.15, -0.1) is 12.4 Å². The van der Waals surface area contributed by atoms with Crippen LogP contribution in [0.4, 0.5) is 0 Å². The third-order valence-electron chi connectivity index (χ3n) is 5.23. The molecule has 0 saturated heterocycles. The van der Waals surface area contributed by atoms with Gasteiger partial charge >= 0.3 is 0 Å². The minimum atomic E-state index is -0.384. The van der Waals surface area contributed by atoms with E-state index in [4.69, 9.17) is 0 Å². The Hall–Kier alpha value is -1.81. The number of nitrogens with one attached hydrogen (secondary N) is 1. The molecule has 1 heterocycles. The van der Waals surface area contributed by atoms with E-state index in [0.717, 1.165) is 13.0 Å². The van der Waals surface area contributed by atoms with Gasteiger partial charge in [0.2, 0.25) is 0 Å². The van der Waals surface area contributed by atoms with E-state index < -0.39 is 0 Å². The Kier molecular flexibility index (Phi) is 6.36. The second kappa shape index (κ2) is 8.72. The van der Waals surface area contributed by atoms with Crippen LogP contribution in [-0.4, -0.2) is 22.3 Å². The minimum absolute atomic E-state index is 0. The van der Waals surface area contributed by atoms with Crippen molar-refractivity contribution in [3.8, 4) is 0 Å². The third-order valence-corrected chi connectivity index (χ3v) is 5.23. The molecule has 0 amide bonds. The van der Waals surface area contributed by atoms with Crippen LogP contribution in [0.5, 0.6) is 0 Å². The largest absolute Gasteiger partial charge is 0.390 e. The Morgan fingerprint density at radius 1 is 0.962 bits per heavy atom. The molecule has 3 aromatic rings. The summed E-state index contributed by atoms with van der Waals surface area (Å²) in [6, 6.07) is 19.0. The summed E-state index contributed by atoms with van der Waals surface area (Å²) in [7, 11) is 0. The molecule has 4 rings (SSSR count). The molecule has 2 aromatic carbocycles. The van der Waals surface area contributed by atoms with Gasteiger partial charge in [0.15, 0.2) is 0 Å². The van der Waals surface area contributed by atoms with Gasteiger partial charge in [-0.25, -0.2) is 0 Å². The van der Waals surface area contributed by atoms with E-state index >= 15 is 0 Å². The van der Waals surface area contributed by atoms with Crippen molar-refractivity contribution in [2.45, 2.75) is 44.9 Å². The number of aliphatic hydroxyl groups excluding tert-OH is 1. The lowest BCUT2D eigenvalue weighted by Crippen LogP contribution is -2.30. The van der Waals surface area contributed by atoms with E-state index in [1.165, 1.54) is 47.0 Å². The zero-order valence-corrected chi connectivity index (χ0v) is 15.8. The highest BCUT2D eigenvalue weighted by Gasteiger charge is 2.20. The van der Waals surface area contributed by atoms with Gasteiger partial charge in [-0.1, -0.05) is 48.5 Å². The summed E-state index contributed by atoms with van der Waals surface area (Å²) in [4.78, 5) is 0. The van der Waals surface area contributed by atoms with Crippen molar-refractivity contribution >= 4 is 23.3 Å². The second-order valence-corrected chi connectivity index (χ2v) is 7.03. The first-order valence-electron chi connectivity index (χ1n) is 9.34. The summed E-state index contributed by atoms with van der Waals surface area (Å²) < 4.78 is 2.36. The summed E-state index contributed by atoms with van der Waals surface area (Å²) in [6.07, 6.45) is 4.46. The molecule has 0 aliphatic heterocycles. The van der Waals surface area contributed by atoms with Crippen molar-refractivity contribution in [1.29, 1.82) is 0 Å². The van der Waals surface area contributed by atoms with Gasteiger partial charge in [0.1, 0.15) is 0 Å². The molecular formula is C22H27ClN2O. The van der Waals surface area contributed by atoms with Crippen molar-refractivity contribution in [2.75, 3.05) is 6.54 Å². The maximum Gasteiger partial charge on any atom is 0.0843 e. The zero-order chi connectivity index (χ0) is 17.1. The van der Waals surface area contributed by atoms with Crippen LogP contribution in [0.1, 0.15) is 29.7 Å². The van der Waals surface area contributed by atoms with Gasteiger partial charge in [-0.3, -0.25) is 0 Å². The van der Waals surface area contributed by atoms with Crippen LogP contribution < -0.4 is 5.32 Å². The normalized spacial score (nSPS) is 14.7. The number of nitrogens with zero attached hydrogens (tertiary/aromatic N) is 1. The number of benzene rings is 2. The van der Waals surface area contributed by atoms with E-state index in [2.05, 4.69) is 46.3 Å². The molecule has 0 saturated carbocycles. The first kappa shape index (κ1) is 19.0. The third kappa shape index (κ3) is 3.96. The highest BCUT2D eigenvalue weighted by molar-refractivity contribution is 5.86. The molecule has 2 N–H and O–H groups in total. The van der Waals surface area contributed by atoms with E-state index in [1.54, 1.807) is 0 Å². The van der Waals surface area contributed by atoms with Gasteiger partial charge in [0.05, 0.1) is 12.6 Å².